The van der Waals surface area contributed by atoms with Crippen molar-refractivity contribution in [3.63, 3.8) is 0 Å². The Balaban J connectivity index is 1.56. The summed E-state index contributed by atoms with van der Waals surface area (Å²) >= 11 is 0. The van der Waals surface area contributed by atoms with Crippen LogP contribution < -0.4 is 16.0 Å². The van der Waals surface area contributed by atoms with E-state index >= 15 is 0 Å². The van der Waals surface area contributed by atoms with E-state index in [0.29, 0.717) is 18.2 Å². The third-order valence-corrected chi connectivity index (χ3v) is 5.55. The van der Waals surface area contributed by atoms with Crippen LogP contribution in [0.1, 0.15) is 24.6 Å². The molecule has 8 heteroatoms. The van der Waals surface area contributed by atoms with Crippen LogP contribution in [0.5, 0.6) is 0 Å². The lowest BCUT2D eigenvalue weighted by atomic mass is 9.96. The second-order valence-corrected chi connectivity index (χ2v) is 8.19. The molecule has 32 heavy (non-hydrogen) atoms. The van der Waals surface area contributed by atoms with Gasteiger partial charge in [-0.05, 0) is 48.7 Å². The van der Waals surface area contributed by atoms with E-state index in [1.165, 1.54) is 18.2 Å². The van der Waals surface area contributed by atoms with E-state index in [1.807, 2.05) is 12.1 Å². The Kier molecular flexibility index (Phi) is 6.28. The molecule has 0 spiro atoms. The number of nitrogens with one attached hydrogen (secondary N) is 1. The van der Waals surface area contributed by atoms with Crippen LogP contribution >= 0.6 is 0 Å². The Morgan fingerprint density at radius 1 is 1.19 bits per heavy atom. The van der Waals surface area contributed by atoms with Crippen LogP contribution in [0.4, 0.5) is 20.2 Å². The van der Waals surface area contributed by atoms with Crippen molar-refractivity contribution in [1.29, 1.82) is 5.26 Å². The molecule has 0 saturated carbocycles. The number of hydrogen-bond donors (Lipinski definition) is 2. The second kappa shape index (κ2) is 9.28. The number of pyridine rings is 2. The molecule has 164 valence electrons. The molecule has 1 aromatic carbocycles. The van der Waals surface area contributed by atoms with Crippen LogP contribution in [-0.4, -0.2) is 29.1 Å². The van der Waals surface area contributed by atoms with Gasteiger partial charge in [0, 0.05) is 30.9 Å². The molecule has 4 rings (SSSR count). The van der Waals surface area contributed by atoms with Gasteiger partial charge in [0.05, 0.1) is 41.4 Å². The number of anilines is 2. The minimum Gasteiger partial charge on any atom is -0.376 e. The highest BCUT2D eigenvalue weighted by molar-refractivity contribution is 5.69. The maximum Gasteiger partial charge on any atom is 0.149 e. The molecule has 2 atom stereocenters. The molecule has 0 bridgehead atoms. The van der Waals surface area contributed by atoms with E-state index in [9.17, 15) is 8.78 Å². The zero-order valence-electron chi connectivity index (χ0n) is 17.7. The SMILES string of the molecule is CC1CC(N)CN(c2ccncc2NCc2ccc(F)c(-c3ccc(C#N)cc3F)n2)C1. The van der Waals surface area contributed by atoms with Crippen molar-refractivity contribution >= 4 is 11.4 Å². The molecule has 2 unspecified atom stereocenters. The lowest BCUT2D eigenvalue weighted by Gasteiger charge is -2.37. The quantitative estimate of drug-likeness (QED) is 0.629. The van der Waals surface area contributed by atoms with Crippen LogP contribution in [0.25, 0.3) is 11.3 Å². The molecule has 3 heterocycles. The summed E-state index contributed by atoms with van der Waals surface area (Å²) in [6.45, 7) is 4.16. The Morgan fingerprint density at radius 3 is 2.78 bits per heavy atom. The van der Waals surface area contributed by atoms with Crippen molar-refractivity contribution in [2.45, 2.75) is 25.9 Å². The zero-order chi connectivity index (χ0) is 22.7. The third-order valence-electron chi connectivity index (χ3n) is 5.55. The number of nitriles is 1. The van der Waals surface area contributed by atoms with Crippen LogP contribution in [0.3, 0.4) is 0 Å². The predicted molar refractivity (Wildman–Crippen MR) is 120 cm³/mol. The maximum absolute atomic E-state index is 14.4. The van der Waals surface area contributed by atoms with E-state index in [0.717, 1.165) is 37.0 Å². The number of nitrogens with zero attached hydrogens (tertiary/aromatic N) is 4. The molecule has 3 aromatic rings. The number of aromatic nitrogens is 2. The second-order valence-electron chi connectivity index (χ2n) is 8.19. The summed E-state index contributed by atoms with van der Waals surface area (Å²) in [7, 11) is 0. The van der Waals surface area contributed by atoms with Crippen molar-refractivity contribution < 1.29 is 8.78 Å². The molecule has 1 fully saturated rings. The minimum atomic E-state index is -0.689. The first-order valence-electron chi connectivity index (χ1n) is 10.5. The first kappa shape index (κ1) is 21.7. The number of halogens is 2. The molecule has 0 radical (unpaired) electrons. The summed E-state index contributed by atoms with van der Waals surface area (Å²) in [4.78, 5) is 10.8. The molecule has 1 aliphatic heterocycles. The molecule has 2 aromatic heterocycles. The number of benzene rings is 1. The van der Waals surface area contributed by atoms with Gasteiger partial charge in [-0.15, -0.1) is 0 Å². The normalized spacial score (nSPS) is 18.3. The summed E-state index contributed by atoms with van der Waals surface area (Å²) in [5.41, 5.74) is 8.68. The summed E-state index contributed by atoms with van der Waals surface area (Å²) in [6, 6.07) is 10.6. The van der Waals surface area contributed by atoms with Gasteiger partial charge in [-0.25, -0.2) is 13.8 Å². The topological polar surface area (TPSA) is 90.9 Å². The monoisotopic (exact) mass is 434 g/mol. The van der Waals surface area contributed by atoms with Gasteiger partial charge in [-0.3, -0.25) is 4.98 Å². The zero-order valence-corrected chi connectivity index (χ0v) is 17.7. The fourth-order valence-corrected chi connectivity index (χ4v) is 4.13. The Labute approximate surface area is 185 Å². The molecular weight excluding hydrogens is 410 g/mol. The van der Waals surface area contributed by atoms with Crippen LogP contribution in [0, 0.1) is 28.9 Å². The Morgan fingerprint density at radius 2 is 2.03 bits per heavy atom. The molecule has 0 aliphatic carbocycles. The summed E-state index contributed by atoms with van der Waals surface area (Å²) in [5, 5.41) is 12.2. The smallest absolute Gasteiger partial charge is 0.149 e. The Hall–Kier alpha value is -3.57. The van der Waals surface area contributed by atoms with E-state index < -0.39 is 11.6 Å². The summed E-state index contributed by atoms with van der Waals surface area (Å²) < 4.78 is 28.8. The maximum atomic E-state index is 14.4. The highest BCUT2D eigenvalue weighted by Gasteiger charge is 2.24. The standard InChI is InChI=1S/C24H24F2N6/c1-15-8-17(28)14-32(13-15)23-6-7-29-12-22(23)30-11-18-3-5-20(25)24(31-18)19-4-2-16(10-27)9-21(19)26/h2-7,9,12,15,17,30H,8,11,13-14,28H2,1H3. The van der Waals surface area contributed by atoms with Crippen LogP contribution in [0.15, 0.2) is 48.8 Å². The van der Waals surface area contributed by atoms with Gasteiger partial charge in [0.1, 0.15) is 17.3 Å². The number of nitrogens with two attached hydrogens (primary N) is 1. The summed E-state index contributed by atoms with van der Waals surface area (Å²) in [6.07, 6.45) is 4.48. The van der Waals surface area contributed by atoms with Gasteiger partial charge in [0.15, 0.2) is 0 Å². The third kappa shape index (κ3) is 4.68. The molecule has 1 saturated heterocycles. The van der Waals surface area contributed by atoms with Gasteiger partial charge >= 0.3 is 0 Å². The molecule has 1 aliphatic rings. The average molecular weight is 434 g/mol. The highest BCUT2D eigenvalue weighted by Crippen LogP contribution is 2.30. The first-order chi connectivity index (χ1) is 15.4. The number of piperidine rings is 1. The van der Waals surface area contributed by atoms with Crippen LogP contribution in [0.2, 0.25) is 0 Å². The lowest BCUT2D eigenvalue weighted by molar-refractivity contribution is 0.402. The van der Waals surface area contributed by atoms with Gasteiger partial charge < -0.3 is 16.0 Å². The predicted octanol–water partition coefficient (Wildman–Crippen LogP) is 4.08. The molecule has 6 nitrogen and oxygen atoms in total. The fraction of sp³-hybridized carbons (Fsp3) is 0.292. The van der Waals surface area contributed by atoms with Crippen molar-refractivity contribution in [2.75, 3.05) is 23.3 Å². The molecular formula is C24H24F2N6. The molecule has 0 amide bonds. The number of rotatable bonds is 5. The minimum absolute atomic E-state index is 0.0155. The largest absolute Gasteiger partial charge is 0.376 e. The van der Waals surface area contributed by atoms with Gasteiger partial charge in [-0.1, -0.05) is 6.92 Å². The van der Waals surface area contributed by atoms with Gasteiger partial charge in [-0.2, -0.15) is 5.26 Å². The first-order valence-corrected chi connectivity index (χ1v) is 10.5. The van der Waals surface area contributed by atoms with E-state index in [-0.39, 0.29) is 22.9 Å². The number of hydrogen-bond acceptors (Lipinski definition) is 6. The van der Waals surface area contributed by atoms with Gasteiger partial charge in [0.2, 0.25) is 0 Å². The van der Waals surface area contributed by atoms with Gasteiger partial charge in [0.25, 0.3) is 0 Å². The lowest BCUT2D eigenvalue weighted by Crippen LogP contribution is -2.46. The average Bonchev–Trinajstić information content (AvgIpc) is 2.78. The van der Waals surface area contributed by atoms with Crippen molar-refractivity contribution in [3.8, 4) is 17.3 Å². The van der Waals surface area contributed by atoms with Crippen LogP contribution in [-0.2, 0) is 6.54 Å². The van der Waals surface area contributed by atoms with E-state index in [4.69, 9.17) is 11.0 Å². The van der Waals surface area contributed by atoms with E-state index in [1.54, 1.807) is 18.5 Å². The fourth-order valence-electron chi connectivity index (χ4n) is 4.13. The van der Waals surface area contributed by atoms with Crippen molar-refractivity contribution in [3.05, 3.63) is 71.7 Å². The summed E-state index contributed by atoms with van der Waals surface area (Å²) in [5.74, 6) is -0.829. The van der Waals surface area contributed by atoms with E-state index in [2.05, 4.69) is 27.1 Å². The van der Waals surface area contributed by atoms with Crippen molar-refractivity contribution in [1.82, 2.24) is 9.97 Å². The molecule has 3 N–H and O–H groups in total. The Bertz CT molecular complexity index is 1150. The highest BCUT2D eigenvalue weighted by atomic mass is 19.1. The van der Waals surface area contributed by atoms with Crippen molar-refractivity contribution in [2.24, 2.45) is 11.7 Å².